The van der Waals surface area contributed by atoms with Crippen molar-refractivity contribution in [3.63, 3.8) is 0 Å². The molecule has 0 bridgehead atoms. The number of nitrogens with two attached hydrogens (primary N) is 1. The summed E-state index contributed by atoms with van der Waals surface area (Å²) in [4.78, 5) is 5.50. The van der Waals surface area contributed by atoms with Crippen molar-refractivity contribution in [3.8, 4) is 5.75 Å². The van der Waals surface area contributed by atoms with Crippen LogP contribution in [0, 0.1) is 6.92 Å². The molecule has 0 aliphatic rings. The minimum Gasteiger partial charge on any atom is -0.493 e. The Hall–Kier alpha value is -0.910. The molecule has 3 nitrogen and oxygen atoms in total. The number of hydrogen-bond acceptors (Lipinski definition) is 4. The van der Waals surface area contributed by atoms with E-state index in [4.69, 9.17) is 10.5 Å². The van der Waals surface area contributed by atoms with Crippen molar-refractivity contribution >= 4 is 27.3 Å². The van der Waals surface area contributed by atoms with Gasteiger partial charge in [0, 0.05) is 22.3 Å². The number of aryl methyl sites for hydroxylation is 1. The molecule has 0 saturated carbocycles. The third kappa shape index (κ3) is 3.54. The van der Waals surface area contributed by atoms with E-state index in [1.54, 1.807) is 11.3 Å². The Morgan fingerprint density at radius 3 is 2.89 bits per heavy atom. The van der Waals surface area contributed by atoms with Crippen LogP contribution in [-0.4, -0.2) is 11.6 Å². The second kappa shape index (κ2) is 6.31. The number of ether oxygens (including phenoxy) is 1. The molecule has 0 saturated heterocycles. The lowest BCUT2D eigenvalue weighted by molar-refractivity contribution is 0.322. The van der Waals surface area contributed by atoms with Crippen LogP contribution in [0.1, 0.15) is 16.1 Å². The molecule has 2 N–H and O–H groups in total. The second-order valence-electron chi connectivity index (χ2n) is 3.96. The maximum atomic E-state index is 5.75. The molecule has 0 radical (unpaired) electrons. The molecule has 96 valence electrons. The van der Waals surface area contributed by atoms with Gasteiger partial charge in [0.2, 0.25) is 0 Å². The van der Waals surface area contributed by atoms with Gasteiger partial charge in [-0.1, -0.05) is 15.9 Å². The molecule has 0 fully saturated rings. The SMILES string of the molecule is Cc1ncsc1CCOc1cc(Br)cc(CN)c1. The average molecular weight is 327 g/mol. The van der Waals surface area contributed by atoms with E-state index in [2.05, 4.69) is 20.9 Å². The Kier molecular flexibility index (Phi) is 4.74. The molecule has 2 rings (SSSR count). The van der Waals surface area contributed by atoms with Gasteiger partial charge in [-0.3, -0.25) is 0 Å². The van der Waals surface area contributed by atoms with Crippen molar-refractivity contribution in [2.75, 3.05) is 6.61 Å². The van der Waals surface area contributed by atoms with Gasteiger partial charge in [-0.25, -0.2) is 4.98 Å². The monoisotopic (exact) mass is 326 g/mol. The highest BCUT2D eigenvalue weighted by Gasteiger charge is 2.03. The number of nitrogens with zero attached hydrogens (tertiary/aromatic N) is 1. The van der Waals surface area contributed by atoms with Gasteiger partial charge in [0.05, 0.1) is 17.8 Å². The Morgan fingerprint density at radius 1 is 1.39 bits per heavy atom. The van der Waals surface area contributed by atoms with Gasteiger partial charge in [-0.15, -0.1) is 11.3 Å². The minimum absolute atomic E-state index is 0.518. The lowest BCUT2D eigenvalue weighted by Gasteiger charge is -2.08. The molecule has 0 spiro atoms. The first-order valence-corrected chi connectivity index (χ1v) is 7.37. The van der Waals surface area contributed by atoms with Gasteiger partial charge in [0.15, 0.2) is 0 Å². The van der Waals surface area contributed by atoms with Crippen LogP contribution >= 0.6 is 27.3 Å². The standard InChI is InChI=1S/C13H15BrN2OS/c1-9-13(18-8-16-9)2-3-17-12-5-10(7-15)4-11(14)6-12/h4-6,8H,2-3,7,15H2,1H3. The Bertz CT molecular complexity index is 527. The predicted molar refractivity (Wildman–Crippen MR) is 78.1 cm³/mol. The molecule has 0 unspecified atom stereocenters. The van der Waals surface area contributed by atoms with Gasteiger partial charge in [-0.2, -0.15) is 0 Å². The second-order valence-corrected chi connectivity index (χ2v) is 5.81. The molecule has 0 atom stereocenters. The minimum atomic E-state index is 0.518. The predicted octanol–water partition coefficient (Wildman–Crippen LogP) is 3.29. The summed E-state index contributed by atoms with van der Waals surface area (Å²) in [6.45, 7) is 3.20. The molecule has 0 aliphatic heterocycles. The Morgan fingerprint density at radius 2 is 2.22 bits per heavy atom. The highest BCUT2D eigenvalue weighted by atomic mass is 79.9. The number of halogens is 1. The Balaban J connectivity index is 1.94. The van der Waals surface area contributed by atoms with Crippen molar-refractivity contribution < 1.29 is 4.74 Å². The third-order valence-electron chi connectivity index (χ3n) is 2.61. The maximum absolute atomic E-state index is 5.75. The van der Waals surface area contributed by atoms with E-state index in [0.717, 1.165) is 27.9 Å². The third-order valence-corrected chi connectivity index (χ3v) is 4.06. The summed E-state index contributed by atoms with van der Waals surface area (Å²) >= 11 is 5.13. The zero-order valence-corrected chi connectivity index (χ0v) is 12.6. The average Bonchev–Trinajstić information content (AvgIpc) is 2.74. The number of benzene rings is 1. The van der Waals surface area contributed by atoms with E-state index in [1.807, 2.05) is 30.6 Å². The van der Waals surface area contributed by atoms with E-state index in [0.29, 0.717) is 13.2 Å². The van der Waals surface area contributed by atoms with Gasteiger partial charge in [0.25, 0.3) is 0 Å². The normalized spacial score (nSPS) is 10.6. The molecule has 0 aliphatic carbocycles. The summed E-state index contributed by atoms with van der Waals surface area (Å²) < 4.78 is 6.75. The topological polar surface area (TPSA) is 48.1 Å². The summed E-state index contributed by atoms with van der Waals surface area (Å²) in [6.07, 6.45) is 0.890. The fourth-order valence-electron chi connectivity index (χ4n) is 1.65. The van der Waals surface area contributed by atoms with Gasteiger partial charge in [-0.05, 0) is 30.7 Å². The molecular weight excluding hydrogens is 312 g/mol. The highest BCUT2D eigenvalue weighted by Crippen LogP contribution is 2.22. The lowest BCUT2D eigenvalue weighted by atomic mass is 10.2. The smallest absolute Gasteiger partial charge is 0.120 e. The summed E-state index contributed by atoms with van der Waals surface area (Å²) in [7, 11) is 0. The Labute approximate surface area is 119 Å². The number of thiazole rings is 1. The van der Waals surface area contributed by atoms with Crippen molar-refractivity contribution in [1.82, 2.24) is 4.98 Å². The molecule has 2 aromatic rings. The first kappa shape index (κ1) is 13.5. The highest BCUT2D eigenvalue weighted by molar-refractivity contribution is 9.10. The summed E-state index contributed by atoms with van der Waals surface area (Å²) in [5.41, 5.74) is 9.66. The number of rotatable bonds is 5. The molecule has 5 heteroatoms. The molecule has 1 aromatic heterocycles. The summed E-state index contributed by atoms with van der Waals surface area (Å²) in [6, 6.07) is 5.93. The zero-order valence-electron chi connectivity index (χ0n) is 10.1. The van der Waals surface area contributed by atoms with Crippen LogP contribution in [0.3, 0.4) is 0 Å². The maximum Gasteiger partial charge on any atom is 0.120 e. The van der Waals surface area contributed by atoms with Crippen molar-refractivity contribution in [3.05, 3.63) is 44.3 Å². The first-order chi connectivity index (χ1) is 8.69. The number of aromatic nitrogens is 1. The molecule has 1 aromatic carbocycles. The van der Waals surface area contributed by atoms with Crippen LogP contribution in [0.25, 0.3) is 0 Å². The zero-order chi connectivity index (χ0) is 13.0. The van der Waals surface area contributed by atoms with Gasteiger partial charge in [0.1, 0.15) is 5.75 Å². The van der Waals surface area contributed by atoms with Crippen molar-refractivity contribution in [1.29, 1.82) is 0 Å². The molecule has 1 heterocycles. The lowest BCUT2D eigenvalue weighted by Crippen LogP contribution is -2.03. The quantitative estimate of drug-likeness (QED) is 0.917. The van der Waals surface area contributed by atoms with E-state index < -0.39 is 0 Å². The van der Waals surface area contributed by atoms with E-state index in [-0.39, 0.29) is 0 Å². The largest absolute Gasteiger partial charge is 0.493 e. The van der Waals surface area contributed by atoms with Crippen LogP contribution < -0.4 is 10.5 Å². The van der Waals surface area contributed by atoms with Crippen LogP contribution in [0.4, 0.5) is 0 Å². The molecular formula is C13H15BrN2OS. The van der Waals surface area contributed by atoms with Crippen LogP contribution in [0.15, 0.2) is 28.2 Å². The van der Waals surface area contributed by atoms with E-state index in [9.17, 15) is 0 Å². The van der Waals surface area contributed by atoms with E-state index in [1.165, 1.54) is 4.88 Å². The van der Waals surface area contributed by atoms with Crippen molar-refractivity contribution in [2.24, 2.45) is 5.73 Å². The van der Waals surface area contributed by atoms with Gasteiger partial charge >= 0.3 is 0 Å². The van der Waals surface area contributed by atoms with Gasteiger partial charge < -0.3 is 10.5 Å². The number of hydrogen-bond donors (Lipinski definition) is 1. The van der Waals surface area contributed by atoms with Crippen LogP contribution in [0.2, 0.25) is 0 Å². The van der Waals surface area contributed by atoms with Crippen LogP contribution in [0.5, 0.6) is 5.75 Å². The summed E-state index contributed by atoms with van der Waals surface area (Å²) in [5, 5.41) is 0. The molecule has 0 amide bonds. The first-order valence-electron chi connectivity index (χ1n) is 5.70. The fraction of sp³-hybridized carbons (Fsp3) is 0.308. The van der Waals surface area contributed by atoms with Crippen molar-refractivity contribution in [2.45, 2.75) is 19.9 Å². The summed E-state index contributed by atoms with van der Waals surface area (Å²) in [5.74, 6) is 0.854. The fourth-order valence-corrected chi connectivity index (χ4v) is 2.93. The van der Waals surface area contributed by atoms with Crippen LogP contribution in [-0.2, 0) is 13.0 Å². The molecule has 18 heavy (non-hydrogen) atoms. The van der Waals surface area contributed by atoms with E-state index >= 15 is 0 Å².